The van der Waals surface area contributed by atoms with E-state index in [2.05, 4.69) is 79.9 Å². The second kappa shape index (κ2) is 40.4. The van der Waals surface area contributed by atoms with E-state index < -0.39 is 20.0 Å². The number of aliphatic hydroxyl groups is 1. The Morgan fingerprint density at radius 3 is 1.53 bits per heavy atom. The number of phosphoric ester groups is 1. The van der Waals surface area contributed by atoms with Crippen LogP contribution in [0, 0.1) is 0 Å². The van der Waals surface area contributed by atoms with Crippen molar-refractivity contribution in [2.24, 2.45) is 0 Å². The topological polar surface area (TPSA) is 108 Å². The second-order valence-electron chi connectivity index (χ2n) is 16.7. The summed E-state index contributed by atoms with van der Waals surface area (Å²) < 4.78 is 23.1. The highest BCUT2D eigenvalue weighted by molar-refractivity contribution is 7.45. The van der Waals surface area contributed by atoms with E-state index >= 15 is 0 Å². The number of likely N-dealkylation sites (N-methyl/N-ethyl adjacent to an activating group) is 1. The third kappa shape index (κ3) is 42.1. The third-order valence-corrected chi connectivity index (χ3v) is 10.9. The van der Waals surface area contributed by atoms with E-state index in [1.807, 2.05) is 27.2 Å². The number of carbonyl (C=O) groups is 1. The molecule has 0 heterocycles. The number of nitrogens with zero attached hydrogens (tertiary/aromatic N) is 1. The van der Waals surface area contributed by atoms with Gasteiger partial charge in [0, 0.05) is 6.42 Å². The average Bonchev–Trinajstić information content (AvgIpc) is 3.17. The number of allylic oxidation sites excluding steroid dienone is 11. The van der Waals surface area contributed by atoms with Crippen LogP contribution in [0.5, 0.6) is 0 Å². The van der Waals surface area contributed by atoms with Gasteiger partial charge >= 0.3 is 0 Å². The summed E-state index contributed by atoms with van der Waals surface area (Å²) in [5.41, 5.74) is 0. The van der Waals surface area contributed by atoms with Crippen molar-refractivity contribution in [3.8, 4) is 0 Å². The number of unbranched alkanes of at least 4 members (excludes halogenated alkanes) is 18. The number of amides is 1. The molecule has 336 valence electrons. The van der Waals surface area contributed by atoms with Crippen LogP contribution in [0.15, 0.2) is 72.9 Å². The van der Waals surface area contributed by atoms with E-state index in [9.17, 15) is 19.4 Å². The maximum Gasteiger partial charge on any atom is 0.268 e. The van der Waals surface area contributed by atoms with Gasteiger partial charge in [-0.05, 0) is 64.2 Å². The molecule has 9 heteroatoms. The Balaban J connectivity index is 4.05. The summed E-state index contributed by atoms with van der Waals surface area (Å²) in [7, 11) is 1.25. The summed E-state index contributed by atoms with van der Waals surface area (Å²) in [6.45, 7) is 4.45. The minimum absolute atomic E-state index is 0.00426. The Labute approximate surface area is 357 Å². The maximum atomic E-state index is 12.8. The van der Waals surface area contributed by atoms with Crippen LogP contribution in [0.3, 0.4) is 0 Å². The first kappa shape index (κ1) is 55.9. The molecule has 1 amide bonds. The molecule has 0 bridgehead atoms. The Morgan fingerprint density at radius 2 is 1.05 bits per heavy atom. The fraction of sp³-hybridized carbons (Fsp3) is 0.735. The standard InChI is InChI=1S/C49H89N2O6P/c1-6-8-10-12-14-15-16-17-18-19-20-21-22-23-24-25-26-27-28-29-30-31-32-33-34-35-37-39-41-43-49(53)50-47(48(52)42-40-38-36-13-11-9-7-2)46-57-58(54,55)56-45-44-51(3,4)5/h8,10,14-15,17-18,20-21,23-24,40,42,47-48,52H,6-7,9,11-13,16,19,22,25-39,41,43-46H2,1-5H3,(H-,50,53,54,55)/b10-8-,15-14-,18-17-,21-20-,24-23-,42-40+. The van der Waals surface area contributed by atoms with Crippen LogP contribution in [0.4, 0.5) is 0 Å². The minimum Gasteiger partial charge on any atom is -0.756 e. The first-order valence-electron chi connectivity index (χ1n) is 23.3. The normalized spacial score (nSPS) is 14.9. The fourth-order valence-electron chi connectivity index (χ4n) is 6.24. The van der Waals surface area contributed by atoms with Crippen molar-refractivity contribution in [1.82, 2.24) is 5.32 Å². The van der Waals surface area contributed by atoms with Crippen molar-refractivity contribution in [3.63, 3.8) is 0 Å². The lowest BCUT2D eigenvalue weighted by Gasteiger charge is -2.29. The van der Waals surface area contributed by atoms with Crippen LogP contribution < -0.4 is 10.2 Å². The number of phosphoric acid groups is 1. The molecule has 0 radical (unpaired) electrons. The van der Waals surface area contributed by atoms with E-state index in [0.29, 0.717) is 17.4 Å². The number of rotatable bonds is 41. The molecule has 0 aromatic carbocycles. The minimum atomic E-state index is -4.58. The molecule has 0 saturated heterocycles. The summed E-state index contributed by atoms with van der Waals surface area (Å²) >= 11 is 0. The molecule has 3 unspecified atom stereocenters. The number of hydrogen-bond donors (Lipinski definition) is 2. The van der Waals surface area contributed by atoms with Crippen LogP contribution >= 0.6 is 7.82 Å². The highest BCUT2D eigenvalue weighted by Crippen LogP contribution is 2.38. The van der Waals surface area contributed by atoms with Crippen molar-refractivity contribution in [2.75, 3.05) is 40.9 Å². The number of hydrogen-bond acceptors (Lipinski definition) is 6. The summed E-state index contributed by atoms with van der Waals surface area (Å²) in [5, 5.41) is 13.7. The lowest BCUT2D eigenvalue weighted by Crippen LogP contribution is -2.45. The summed E-state index contributed by atoms with van der Waals surface area (Å²) in [6.07, 6.45) is 54.1. The first-order chi connectivity index (χ1) is 28.0. The zero-order valence-corrected chi connectivity index (χ0v) is 38.9. The highest BCUT2D eigenvalue weighted by atomic mass is 31.2. The summed E-state index contributed by atoms with van der Waals surface area (Å²) in [5.74, 6) is -0.207. The van der Waals surface area contributed by atoms with Crippen LogP contribution in [0.2, 0.25) is 0 Å². The fourth-order valence-corrected chi connectivity index (χ4v) is 6.96. The van der Waals surface area contributed by atoms with Crippen LogP contribution in [0.25, 0.3) is 0 Å². The van der Waals surface area contributed by atoms with Gasteiger partial charge in [0.25, 0.3) is 7.82 Å². The summed E-state index contributed by atoms with van der Waals surface area (Å²) in [4.78, 5) is 25.2. The average molecular weight is 833 g/mol. The molecule has 0 spiro atoms. The van der Waals surface area contributed by atoms with Crippen molar-refractivity contribution >= 4 is 13.7 Å². The van der Waals surface area contributed by atoms with Gasteiger partial charge in [0.15, 0.2) is 0 Å². The van der Waals surface area contributed by atoms with Gasteiger partial charge in [0.05, 0.1) is 39.9 Å². The Bertz CT molecular complexity index is 1170. The Morgan fingerprint density at radius 1 is 0.621 bits per heavy atom. The van der Waals surface area contributed by atoms with Crippen LogP contribution in [-0.2, 0) is 18.4 Å². The van der Waals surface area contributed by atoms with E-state index in [-0.39, 0.29) is 19.1 Å². The van der Waals surface area contributed by atoms with Gasteiger partial charge in [-0.25, -0.2) is 0 Å². The van der Waals surface area contributed by atoms with E-state index in [1.165, 1.54) is 89.9 Å². The maximum absolute atomic E-state index is 12.8. The molecule has 0 rings (SSSR count). The van der Waals surface area contributed by atoms with Crippen molar-refractivity contribution in [3.05, 3.63) is 72.9 Å². The molecule has 8 nitrogen and oxygen atoms in total. The molecule has 0 saturated carbocycles. The van der Waals surface area contributed by atoms with E-state index in [4.69, 9.17) is 9.05 Å². The molecular weight excluding hydrogens is 744 g/mol. The lowest BCUT2D eigenvalue weighted by molar-refractivity contribution is -0.870. The van der Waals surface area contributed by atoms with Gasteiger partial charge in [0.1, 0.15) is 13.2 Å². The van der Waals surface area contributed by atoms with Crippen LogP contribution in [-0.4, -0.2) is 68.5 Å². The monoisotopic (exact) mass is 833 g/mol. The van der Waals surface area contributed by atoms with Gasteiger partial charge in [-0.3, -0.25) is 9.36 Å². The molecule has 0 aliphatic carbocycles. The molecule has 0 aliphatic rings. The molecule has 58 heavy (non-hydrogen) atoms. The Hall–Kier alpha value is -2.06. The SMILES string of the molecule is CC/C=C\C/C=C\C/C=C\C/C=C\C/C=C\CCCCCCCCCCCCCCCC(=O)NC(COP(=O)([O-])OCC[N+](C)(C)C)C(O)/C=C/CCCCCCC. The molecule has 0 fully saturated rings. The third-order valence-electron chi connectivity index (χ3n) is 9.92. The molecule has 0 aromatic heterocycles. The number of aliphatic hydroxyl groups excluding tert-OH is 1. The van der Waals surface area contributed by atoms with E-state index in [1.54, 1.807) is 6.08 Å². The molecule has 2 N–H and O–H groups in total. The predicted octanol–water partition coefficient (Wildman–Crippen LogP) is 12.6. The largest absolute Gasteiger partial charge is 0.756 e. The van der Waals surface area contributed by atoms with Gasteiger partial charge in [-0.2, -0.15) is 0 Å². The quantitative estimate of drug-likeness (QED) is 0.0275. The first-order valence-corrected chi connectivity index (χ1v) is 24.8. The number of carbonyl (C=O) groups excluding carboxylic acids is 1. The van der Waals surface area contributed by atoms with E-state index in [0.717, 1.165) is 70.6 Å². The van der Waals surface area contributed by atoms with Gasteiger partial charge in [-0.15, -0.1) is 0 Å². The lowest BCUT2D eigenvalue weighted by atomic mass is 10.0. The second-order valence-corrected chi connectivity index (χ2v) is 18.1. The van der Waals surface area contributed by atoms with Crippen molar-refractivity contribution in [1.29, 1.82) is 0 Å². The molecule has 0 aliphatic heterocycles. The summed E-state index contributed by atoms with van der Waals surface area (Å²) in [6, 6.07) is -0.886. The molecular formula is C49H89N2O6P. The van der Waals surface area contributed by atoms with Crippen molar-refractivity contribution < 1.29 is 32.9 Å². The molecule has 0 aromatic rings. The highest BCUT2D eigenvalue weighted by Gasteiger charge is 2.23. The number of nitrogens with one attached hydrogen (secondary N) is 1. The Kier molecular flexibility index (Phi) is 38.9. The number of quaternary nitrogens is 1. The van der Waals surface area contributed by atoms with Gasteiger partial charge in [-0.1, -0.05) is 183 Å². The van der Waals surface area contributed by atoms with Gasteiger partial charge < -0.3 is 28.8 Å². The van der Waals surface area contributed by atoms with Crippen molar-refractivity contribution in [2.45, 2.75) is 193 Å². The smallest absolute Gasteiger partial charge is 0.268 e. The van der Waals surface area contributed by atoms with Crippen LogP contribution in [0.1, 0.15) is 181 Å². The predicted molar refractivity (Wildman–Crippen MR) is 247 cm³/mol. The zero-order chi connectivity index (χ0) is 42.8. The molecule has 3 atom stereocenters. The zero-order valence-electron chi connectivity index (χ0n) is 38.0. The van der Waals surface area contributed by atoms with Gasteiger partial charge in [0.2, 0.25) is 5.91 Å².